The van der Waals surface area contributed by atoms with Crippen molar-refractivity contribution >= 4 is 11.5 Å². The molecule has 3 saturated carbocycles. The summed E-state index contributed by atoms with van der Waals surface area (Å²) < 4.78 is 6.51. The minimum atomic E-state index is -1.10. The summed E-state index contributed by atoms with van der Waals surface area (Å²) >= 11 is 0. The maximum atomic E-state index is 12.3. The lowest BCUT2D eigenvalue weighted by Crippen LogP contribution is -2.53. The van der Waals surface area contributed by atoms with Crippen LogP contribution in [0.15, 0.2) is 77.6 Å². The van der Waals surface area contributed by atoms with Crippen LogP contribution in [0.3, 0.4) is 0 Å². The number of anilines is 1. The molecule has 0 amide bonds. The lowest BCUT2D eigenvalue weighted by atomic mass is 9.55. The maximum Gasteiger partial charge on any atom is 0.137 e. The summed E-state index contributed by atoms with van der Waals surface area (Å²) in [7, 11) is 4.11. The number of hydrogen-bond acceptors (Lipinski definition) is 4. The number of ether oxygens (including phenoxy) is 1. The van der Waals surface area contributed by atoms with Crippen LogP contribution in [-0.2, 0) is 9.53 Å². The number of Topliss-reactive ketones (excluding diaryl/α,β-unsaturated/α-hetero) is 1. The van der Waals surface area contributed by atoms with E-state index >= 15 is 0 Å². The Kier molecular flexibility index (Phi) is 5.81. The molecule has 1 N–H and O–H groups in total. The van der Waals surface area contributed by atoms with Crippen LogP contribution in [0.2, 0.25) is 0 Å². The molecule has 1 aliphatic heterocycles. The molecular weight excluding hydrogens is 458 g/mol. The first kappa shape index (κ1) is 24.1. The summed E-state index contributed by atoms with van der Waals surface area (Å²) in [4.78, 5) is 14.4. The summed E-state index contributed by atoms with van der Waals surface area (Å²) in [5, 5.41) is 12.1. The van der Waals surface area contributed by atoms with Crippen LogP contribution >= 0.6 is 0 Å². The molecule has 4 heteroatoms. The zero-order chi connectivity index (χ0) is 25.8. The second kappa shape index (κ2) is 8.92. The highest BCUT2D eigenvalue weighted by atomic mass is 16.5. The molecule has 0 radical (unpaired) electrons. The van der Waals surface area contributed by atoms with Crippen molar-refractivity contribution in [2.75, 3.05) is 19.0 Å². The Balaban J connectivity index is 1.45. The molecule has 6 rings (SSSR count). The van der Waals surface area contributed by atoms with Crippen molar-refractivity contribution in [1.29, 1.82) is 0 Å². The number of rotatable bonds is 2. The lowest BCUT2D eigenvalue weighted by Gasteiger charge is -2.52. The Morgan fingerprint density at radius 3 is 2.54 bits per heavy atom. The normalized spacial score (nSPS) is 32.3. The molecule has 0 bridgehead atoms. The number of carbonyl (C=O) groups is 1. The molecule has 2 aromatic rings. The third kappa shape index (κ3) is 3.92. The van der Waals surface area contributed by atoms with Crippen LogP contribution in [0, 0.1) is 23.2 Å². The van der Waals surface area contributed by atoms with E-state index < -0.39 is 11.0 Å². The summed E-state index contributed by atoms with van der Waals surface area (Å²) in [6, 6.07) is 18.7. The standard InChI is InChI=1S/C33H35NO3/c1-32-20-28(23-9-11-25(12-10-23)34(2)3)30-27-14-13-26(35)19-24(27)21-37-31(30)29(32)16-18-33(32,36)17-15-22-7-5-4-6-8-22/h4-12,21,28-29,31,36H,13-14,16,18-20H2,1-3H3/t28-,29+,31+,32+,33+/m1/s1. The molecule has 0 saturated heterocycles. The van der Waals surface area contributed by atoms with Crippen LogP contribution in [0.5, 0.6) is 0 Å². The zero-order valence-corrected chi connectivity index (χ0v) is 22.0. The van der Waals surface area contributed by atoms with Crippen molar-refractivity contribution in [3.8, 4) is 11.8 Å². The van der Waals surface area contributed by atoms with Gasteiger partial charge in [-0.1, -0.05) is 49.1 Å². The highest BCUT2D eigenvalue weighted by Gasteiger charge is 2.63. The van der Waals surface area contributed by atoms with Gasteiger partial charge in [-0.2, -0.15) is 0 Å². The molecule has 190 valence electrons. The number of ketones is 1. The van der Waals surface area contributed by atoms with Gasteiger partial charge in [0.1, 0.15) is 17.5 Å². The van der Waals surface area contributed by atoms with Gasteiger partial charge in [0.2, 0.25) is 0 Å². The van der Waals surface area contributed by atoms with Crippen molar-refractivity contribution in [2.24, 2.45) is 11.3 Å². The molecule has 37 heavy (non-hydrogen) atoms. The van der Waals surface area contributed by atoms with Crippen molar-refractivity contribution < 1.29 is 14.6 Å². The Hall–Kier alpha value is -3.29. The van der Waals surface area contributed by atoms with Gasteiger partial charge in [-0.3, -0.25) is 4.79 Å². The molecule has 3 fully saturated rings. The van der Waals surface area contributed by atoms with E-state index in [1.54, 1.807) is 0 Å². The number of benzene rings is 2. The fourth-order valence-corrected chi connectivity index (χ4v) is 7.22. The average Bonchev–Trinajstić information content (AvgIpc) is 3.17. The van der Waals surface area contributed by atoms with E-state index in [0.717, 1.165) is 36.1 Å². The minimum absolute atomic E-state index is 0.100. The van der Waals surface area contributed by atoms with Crippen LogP contribution < -0.4 is 4.90 Å². The summed E-state index contributed by atoms with van der Waals surface area (Å²) in [6.07, 6.45) is 5.91. The third-order valence-corrected chi connectivity index (χ3v) is 9.39. The number of carbonyl (C=O) groups excluding carboxylic acids is 1. The summed E-state index contributed by atoms with van der Waals surface area (Å²) in [5.74, 6) is 7.17. The van der Waals surface area contributed by atoms with Crippen LogP contribution in [0.25, 0.3) is 0 Å². The van der Waals surface area contributed by atoms with Gasteiger partial charge >= 0.3 is 0 Å². The highest BCUT2D eigenvalue weighted by Crippen LogP contribution is 2.64. The van der Waals surface area contributed by atoms with E-state index in [1.165, 1.54) is 16.7 Å². The van der Waals surface area contributed by atoms with Crippen LogP contribution in [0.1, 0.15) is 62.5 Å². The first-order valence-corrected chi connectivity index (χ1v) is 13.5. The van der Waals surface area contributed by atoms with Crippen molar-refractivity contribution in [2.45, 2.75) is 63.1 Å². The minimum Gasteiger partial charge on any atom is -0.493 e. The lowest BCUT2D eigenvalue weighted by molar-refractivity contribution is -0.119. The molecule has 5 atom stereocenters. The highest BCUT2D eigenvalue weighted by molar-refractivity contribution is 5.84. The predicted molar refractivity (Wildman–Crippen MR) is 146 cm³/mol. The van der Waals surface area contributed by atoms with Gasteiger partial charge in [-0.15, -0.1) is 0 Å². The number of aliphatic hydroxyl groups is 1. The SMILES string of the molecule is CN(C)c1ccc([C@H]2C[C@@]3(C)[C@@H](CC[C@@]3(O)C#Cc3ccccc3)[C@@H]3OC=C4CC(=O)CCC4=C32)cc1. The van der Waals surface area contributed by atoms with E-state index in [2.05, 4.69) is 62.0 Å². The second-order valence-corrected chi connectivity index (χ2v) is 11.6. The quantitative estimate of drug-likeness (QED) is 0.540. The van der Waals surface area contributed by atoms with E-state index in [9.17, 15) is 9.90 Å². The molecule has 3 aliphatic carbocycles. The molecule has 2 aromatic carbocycles. The van der Waals surface area contributed by atoms with E-state index in [1.807, 2.05) is 36.6 Å². The van der Waals surface area contributed by atoms with E-state index in [4.69, 9.17) is 4.74 Å². The van der Waals surface area contributed by atoms with Crippen molar-refractivity contribution in [3.05, 3.63) is 88.7 Å². The van der Waals surface area contributed by atoms with Gasteiger partial charge in [-0.25, -0.2) is 0 Å². The van der Waals surface area contributed by atoms with Gasteiger partial charge < -0.3 is 14.7 Å². The van der Waals surface area contributed by atoms with Gasteiger partial charge in [0, 0.05) is 55.4 Å². The summed E-state index contributed by atoms with van der Waals surface area (Å²) in [6.45, 7) is 2.22. The Morgan fingerprint density at radius 1 is 1.05 bits per heavy atom. The average molecular weight is 494 g/mol. The monoisotopic (exact) mass is 493 g/mol. The smallest absolute Gasteiger partial charge is 0.137 e. The number of hydrogen-bond donors (Lipinski definition) is 1. The molecule has 4 nitrogen and oxygen atoms in total. The van der Waals surface area contributed by atoms with Crippen molar-refractivity contribution in [3.63, 3.8) is 0 Å². The number of fused-ring (bicyclic) bond motifs is 4. The van der Waals surface area contributed by atoms with Gasteiger partial charge in [-0.05, 0) is 72.2 Å². The molecule has 4 aliphatic rings. The molecular formula is C33H35NO3. The third-order valence-electron chi connectivity index (χ3n) is 9.39. The fraction of sp³-hybridized carbons (Fsp3) is 0.424. The van der Waals surface area contributed by atoms with Crippen LogP contribution in [0.4, 0.5) is 5.69 Å². The van der Waals surface area contributed by atoms with Gasteiger partial charge in [0.15, 0.2) is 0 Å². The molecule has 1 heterocycles. The van der Waals surface area contributed by atoms with Crippen LogP contribution in [-0.4, -0.2) is 36.7 Å². The predicted octanol–water partition coefficient (Wildman–Crippen LogP) is 5.77. The topological polar surface area (TPSA) is 49.8 Å². The van der Waals surface area contributed by atoms with E-state index in [-0.39, 0.29) is 23.7 Å². The molecule has 0 spiro atoms. The zero-order valence-electron chi connectivity index (χ0n) is 22.0. The molecule has 0 unspecified atom stereocenters. The summed E-state index contributed by atoms with van der Waals surface area (Å²) in [5.41, 5.74) is 5.52. The van der Waals surface area contributed by atoms with Gasteiger partial charge in [0.05, 0.1) is 6.26 Å². The van der Waals surface area contributed by atoms with E-state index in [0.29, 0.717) is 19.3 Å². The Bertz CT molecular complexity index is 1340. The second-order valence-electron chi connectivity index (χ2n) is 11.6. The number of nitrogens with zero attached hydrogens (tertiary/aromatic N) is 1. The fourth-order valence-electron chi connectivity index (χ4n) is 7.22. The Morgan fingerprint density at radius 2 is 1.81 bits per heavy atom. The maximum absolute atomic E-state index is 12.3. The first-order chi connectivity index (χ1) is 17.8. The largest absolute Gasteiger partial charge is 0.493 e. The van der Waals surface area contributed by atoms with Crippen molar-refractivity contribution in [1.82, 2.24) is 0 Å². The number of allylic oxidation sites excluding steroid dienone is 2. The Labute approximate surface area is 220 Å². The van der Waals surface area contributed by atoms with Gasteiger partial charge in [0.25, 0.3) is 0 Å². The first-order valence-electron chi connectivity index (χ1n) is 13.5. The molecule has 0 aromatic heterocycles.